The quantitative estimate of drug-likeness (QED) is 0.880. The molecule has 0 radical (unpaired) electrons. The number of halogens is 1. The van der Waals surface area contributed by atoms with E-state index in [0.717, 1.165) is 19.6 Å². The molecule has 2 aromatic rings. The molecule has 0 saturated carbocycles. The van der Waals surface area contributed by atoms with Gasteiger partial charge in [0.2, 0.25) is 0 Å². The number of nitrogens with one attached hydrogen (secondary N) is 2. The minimum Gasteiger partial charge on any atom is -0.352 e. The smallest absolute Gasteiger partial charge is 0.254 e. The highest BCUT2D eigenvalue weighted by Crippen LogP contribution is 2.09. The highest BCUT2D eigenvalue weighted by molar-refractivity contribution is 5.93. The van der Waals surface area contributed by atoms with Crippen LogP contribution in [0, 0.1) is 5.92 Å². The number of benzene rings is 1. The van der Waals surface area contributed by atoms with Crippen molar-refractivity contribution in [2.24, 2.45) is 5.92 Å². The molecule has 1 saturated heterocycles. The Kier molecular flexibility index (Phi) is 6.62. The first-order valence-corrected chi connectivity index (χ1v) is 7.86. The SMILES string of the molecule is Cl.O=C(NCC1CCCNC1)c1cnn(Cc2ccccc2)c1. The minimum absolute atomic E-state index is 0. The van der Waals surface area contributed by atoms with Crippen LogP contribution in [0.2, 0.25) is 0 Å². The first-order chi connectivity index (χ1) is 10.8. The Hall–Kier alpha value is -1.85. The maximum absolute atomic E-state index is 12.2. The number of aromatic nitrogens is 2. The Balaban J connectivity index is 0.00000192. The van der Waals surface area contributed by atoms with Gasteiger partial charge in [-0.1, -0.05) is 30.3 Å². The fraction of sp³-hybridized carbons (Fsp3) is 0.412. The van der Waals surface area contributed by atoms with Crippen LogP contribution in [0.1, 0.15) is 28.8 Å². The van der Waals surface area contributed by atoms with E-state index in [4.69, 9.17) is 0 Å². The molecule has 1 atom stereocenters. The van der Waals surface area contributed by atoms with Gasteiger partial charge in [0, 0.05) is 12.7 Å². The van der Waals surface area contributed by atoms with Crippen LogP contribution in [0.3, 0.4) is 0 Å². The minimum atomic E-state index is -0.0371. The molecule has 3 rings (SSSR count). The van der Waals surface area contributed by atoms with Crippen LogP contribution in [-0.4, -0.2) is 35.3 Å². The largest absolute Gasteiger partial charge is 0.352 e. The molecule has 1 aliphatic heterocycles. The molecule has 0 bridgehead atoms. The molecule has 1 unspecified atom stereocenters. The zero-order valence-electron chi connectivity index (χ0n) is 13.1. The number of piperidine rings is 1. The average Bonchev–Trinajstić information content (AvgIpc) is 3.03. The first kappa shape index (κ1) is 17.5. The van der Waals surface area contributed by atoms with E-state index < -0.39 is 0 Å². The van der Waals surface area contributed by atoms with Gasteiger partial charge in [0.15, 0.2) is 0 Å². The van der Waals surface area contributed by atoms with Crippen molar-refractivity contribution in [3.05, 3.63) is 53.9 Å². The number of carbonyl (C=O) groups is 1. The summed E-state index contributed by atoms with van der Waals surface area (Å²) in [5.74, 6) is 0.502. The zero-order chi connectivity index (χ0) is 15.2. The second-order valence-corrected chi connectivity index (χ2v) is 5.83. The van der Waals surface area contributed by atoms with Gasteiger partial charge >= 0.3 is 0 Å². The molecule has 6 heteroatoms. The molecular weight excluding hydrogens is 312 g/mol. The van der Waals surface area contributed by atoms with Crippen molar-refractivity contribution in [1.29, 1.82) is 0 Å². The molecule has 23 heavy (non-hydrogen) atoms. The summed E-state index contributed by atoms with van der Waals surface area (Å²) < 4.78 is 1.80. The molecule has 124 valence electrons. The summed E-state index contributed by atoms with van der Waals surface area (Å²) in [4.78, 5) is 12.2. The van der Waals surface area contributed by atoms with Crippen molar-refractivity contribution in [2.75, 3.05) is 19.6 Å². The predicted octanol–water partition coefficient (Wildman–Crippen LogP) is 2.08. The van der Waals surface area contributed by atoms with Crippen molar-refractivity contribution in [2.45, 2.75) is 19.4 Å². The lowest BCUT2D eigenvalue weighted by atomic mass is 10.00. The van der Waals surface area contributed by atoms with Crippen LogP contribution < -0.4 is 10.6 Å². The van der Waals surface area contributed by atoms with Gasteiger partial charge in [-0.05, 0) is 37.4 Å². The molecule has 2 heterocycles. The fourth-order valence-corrected chi connectivity index (χ4v) is 2.78. The van der Waals surface area contributed by atoms with Crippen LogP contribution in [-0.2, 0) is 6.54 Å². The number of amides is 1. The number of hydrogen-bond donors (Lipinski definition) is 2. The lowest BCUT2D eigenvalue weighted by molar-refractivity contribution is 0.0944. The molecule has 1 amide bonds. The highest BCUT2D eigenvalue weighted by atomic mass is 35.5. The third-order valence-electron chi connectivity index (χ3n) is 4.03. The summed E-state index contributed by atoms with van der Waals surface area (Å²) in [7, 11) is 0. The summed E-state index contributed by atoms with van der Waals surface area (Å²) in [5.41, 5.74) is 1.80. The van der Waals surface area contributed by atoms with Gasteiger partial charge in [-0.2, -0.15) is 5.10 Å². The second kappa shape index (κ2) is 8.70. The Morgan fingerprint density at radius 1 is 1.35 bits per heavy atom. The third-order valence-corrected chi connectivity index (χ3v) is 4.03. The number of carbonyl (C=O) groups excluding carboxylic acids is 1. The van der Waals surface area contributed by atoms with E-state index >= 15 is 0 Å². The summed E-state index contributed by atoms with van der Waals surface area (Å²) in [5, 5.41) is 10.6. The predicted molar refractivity (Wildman–Crippen MR) is 92.9 cm³/mol. The van der Waals surface area contributed by atoms with Crippen molar-refractivity contribution in [1.82, 2.24) is 20.4 Å². The Morgan fingerprint density at radius 2 is 2.17 bits per heavy atom. The standard InChI is InChI=1S/C17H22N4O.ClH/c22-17(19-10-15-7-4-8-18-9-15)16-11-20-21(13-16)12-14-5-2-1-3-6-14;/h1-3,5-6,11,13,15,18H,4,7-10,12H2,(H,19,22);1H. The zero-order valence-corrected chi connectivity index (χ0v) is 13.9. The monoisotopic (exact) mass is 334 g/mol. The molecule has 1 aromatic carbocycles. The van der Waals surface area contributed by atoms with Crippen molar-refractivity contribution in [3.8, 4) is 0 Å². The summed E-state index contributed by atoms with van der Waals surface area (Å²) in [6.45, 7) is 3.50. The molecule has 0 aliphatic carbocycles. The van der Waals surface area contributed by atoms with Crippen LogP contribution in [0.4, 0.5) is 0 Å². The van der Waals surface area contributed by atoms with E-state index in [2.05, 4.69) is 27.9 Å². The fourth-order valence-electron chi connectivity index (χ4n) is 2.78. The average molecular weight is 335 g/mol. The normalized spacial score (nSPS) is 17.3. The first-order valence-electron chi connectivity index (χ1n) is 7.86. The van der Waals surface area contributed by atoms with E-state index in [1.54, 1.807) is 17.1 Å². The highest BCUT2D eigenvalue weighted by Gasteiger charge is 2.15. The summed E-state index contributed by atoms with van der Waals surface area (Å²) in [6, 6.07) is 10.1. The molecule has 2 N–H and O–H groups in total. The van der Waals surface area contributed by atoms with E-state index in [0.29, 0.717) is 18.0 Å². The Morgan fingerprint density at radius 3 is 2.91 bits per heavy atom. The molecule has 5 nitrogen and oxygen atoms in total. The molecular formula is C17H23ClN4O. The third kappa shape index (κ3) is 5.08. The van der Waals surface area contributed by atoms with Crippen LogP contribution >= 0.6 is 12.4 Å². The Bertz CT molecular complexity index is 608. The molecule has 1 aliphatic rings. The Labute approximate surface area is 142 Å². The lowest BCUT2D eigenvalue weighted by Crippen LogP contribution is -2.38. The van der Waals surface area contributed by atoms with Crippen LogP contribution in [0.15, 0.2) is 42.7 Å². The lowest BCUT2D eigenvalue weighted by Gasteiger charge is -2.22. The molecule has 0 spiro atoms. The number of nitrogens with zero attached hydrogens (tertiary/aromatic N) is 2. The van der Waals surface area contributed by atoms with Crippen LogP contribution in [0.25, 0.3) is 0 Å². The van der Waals surface area contributed by atoms with Gasteiger partial charge < -0.3 is 10.6 Å². The molecule has 1 aromatic heterocycles. The number of hydrogen-bond acceptors (Lipinski definition) is 3. The van der Waals surface area contributed by atoms with E-state index in [1.165, 1.54) is 18.4 Å². The van der Waals surface area contributed by atoms with Gasteiger partial charge in [0.1, 0.15) is 0 Å². The summed E-state index contributed by atoms with van der Waals surface area (Å²) >= 11 is 0. The van der Waals surface area contributed by atoms with Crippen molar-refractivity contribution < 1.29 is 4.79 Å². The van der Waals surface area contributed by atoms with Gasteiger partial charge in [-0.15, -0.1) is 12.4 Å². The van der Waals surface area contributed by atoms with E-state index in [9.17, 15) is 4.79 Å². The molecule has 1 fully saturated rings. The maximum atomic E-state index is 12.2. The van der Waals surface area contributed by atoms with Crippen molar-refractivity contribution in [3.63, 3.8) is 0 Å². The summed E-state index contributed by atoms with van der Waals surface area (Å²) in [6.07, 6.45) is 5.81. The van der Waals surface area contributed by atoms with Crippen LogP contribution in [0.5, 0.6) is 0 Å². The second-order valence-electron chi connectivity index (χ2n) is 5.83. The maximum Gasteiger partial charge on any atom is 0.254 e. The van der Waals surface area contributed by atoms with E-state index in [-0.39, 0.29) is 18.3 Å². The van der Waals surface area contributed by atoms with Crippen molar-refractivity contribution >= 4 is 18.3 Å². The van der Waals surface area contributed by atoms with E-state index in [1.807, 2.05) is 18.2 Å². The van der Waals surface area contributed by atoms with Gasteiger partial charge in [0.05, 0.1) is 18.3 Å². The topological polar surface area (TPSA) is 59.0 Å². The number of rotatable bonds is 5. The van der Waals surface area contributed by atoms with Gasteiger partial charge in [0.25, 0.3) is 5.91 Å². The van der Waals surface area contributed by atoms with Gasteiger partial charge in [-0.3, -0.25) is 9.48 Å². The van der Waals surface area contributed by atoms with Gasteiger partial charge in [-0.25, -0.2) is 0 Å².